The summed E-state index contributed by atoms with van der Waals surface area (Å²) in [6.45, 7) is 2.81. The van der Waals surface area contributed by atoms with E-state index in [-0.39, 0.29) is 11.8 Å². The second kappa shape index (κ2) is 5.55. The molecule has 0 aliphatic carbocycles. The Kier molecular flexibility index (Phi) is 3.72. The molecule has 22 heavy (non-hydrogen) atoms. The van der Waals surface area contributed by atoms with Gasteiger partial charge < -0.3 is 15.7 Å². The Morgan fingerprint density at radius 1 is 1.27 bits per heavy atom. The molecule has 3 aromatic rings. The number of rotatable bonds is 3. The van der Waals surface area contributed by atoms with Gasteiger partial charge in [-0.2, -0.15) is 0 Å². The van der Waals surface area contributed by atoms with E-state index in [0.29, 0.717) is 10.2 Å². The van der Waals surface area contributed by atoms with Gasteiger partial charge in [-0.3, -0.25) is 0 Å². The van der Waals surface area contributed by atoms with E-state index >= 15 is 0 Å². The molecule has 5 nitrogen and oxygen atoms in total. The van der Waals surface area contributed by atoms with Crippen LogP contribution in [0.5, 0.6) is 5.88 Å². The molecule has 0 saturated heterocycles. The lowest BCUT2D eigenvalue weighted by molar-refractivity contribution is -0.272. The van der Waals surface area contributed by atoms with E-state index in [9.17, 15) is 5.11 Å². The lowest BCUT2D eigenvalue weighted by Crippen LogP contribution is -2.10. The fourth-order valence-electron chi connectivity index (χ4n) is 2.57. The Hall–Kier alpha value is -2.18. The number of aryl methyl sites for hydroxylation is 1. The number of nitrogens with two attached hydrogens (primary N) is 1. The summed E-state index contributed by atoms with van der Waals surface area (Å²) in [4.78, 5) is 11.8. The highest BCUT2D eigenvalue weighted by Crippen LogP contribution is 2.40. The minimum atomic E-state index is -0.299. The molecule has 0 aliphatic heterocycles. The Morgan fingerprint density at radius 3 is 2.77 bits per heavy atom. The Morgan fingerprint density at radius 2 is 2.05 bits per heavy atom. The lowest BCUT2D eigenvalue weighted by Gasteiger charge is -2.11. The third kappa shape index (κ3) is 2.63. The van der Waals surface area contributed by atoms with Crippen LogP contribution in [-0.4, -0.2) is 29.0 Å². The number of aromatic nitrogens is 2. The third-order valence-corrected chi connectivity index (χ3v) is 4.70. The molecule has 0 aliphatic rings. The van der Waals surface area contributed by atoms with Gasteiger partial charge >= 0.3 is 0 Å². The van der Waals surface area contributed by atoms with Gasteiger partial charge in [-0.1, -0.05) is 18.2 Å². The molecular weight excluding hydrogens is 296 g/mol. The van der Waals surface area contributed by atoms with Gasteiger partial charge in [0, 0.05) is 22.7 Å². The first-order valence-corrected chi connectivity index (χ1v) is 7.75. The average Bonchev–Trinajstić information content (AvgIpc) is 2.75. The normalized spacial score (nSPS) is 11.5. The molecule has 0 bridgehead atoms. The van der Waals surface area contributed by atoms with Crippen molar-refractivity contribution in [3.05, 3.63) is 35.4 Å². The average molecular weight is 313 g/mol. The maximum Gasteiger partial charge on any atom is 0.220 e. The summed E-state index contributed by atoms with van der Waals surface area (Å²) in [7, 11) is 4.08. The van der Waals surface area contributed by atoms with E-state index in [1.165, 1.54) is 16.9 Å². The van der Waals surface area contributed by atoms with E-state index in [1.807, 2.05) is 27.1 Å². The van der Waals surface area contributed by atoms with E-state index in [0.717, 1.165) is 22.5 Å². The Labute approximate surface area is 133 Å². The molecule has 2 aromatic heterocycles. The summed E-state index contributed by atoms with van der Waals surface area (Å²) in [6.07, 6.45) is 0. The van der Waals surface area contributed by atoms with Crippen LogP contribution in [0.25, 0.3) is 20.7 Å². The number of nitrogens with zero attached hydrogens (tertiary/aromatic N) is 3. The standard InChI is InChI=1S/C16H18N4OS/c1-9-12-14(21)18-16(17)19-15(12)22-13(9)11-6-4-5-10(7-11)8-20(2)3/h4-7H,8H2,1-3H3,(H3,17,18,19,21)/p-1. The SMILES string of the molecule is Cc1c(-c2cccc(CN(C)C)c2)sc2nc(N)nc([O-])c12. The molecule has 2 heterocycles. The van der Waals surface area contributed by atoms with Crippen LogP contribution in [0.4, 0.5) is 5.95 Å². The maximum atomic E-state index is 12.0. The summed E-state index contributed by atoms with van der Waals surface area (Å²) >= 11 is 1.49. The van der Waals surface area contributed by atoms with Crippen LogP contribution >= 0.6 is 11.3 Å². The van der Waals surface area contributed by atoms with Crippen LogP contribution in [0.2, 0.25) is 0 Å². The van der Waals surface area contributed by atoms with E-state index < -0.39 is 0 Å². The number of hydrogen-bond donors (Lipinski definition) is 1. The topological polar surface area (TPSA) is 78.1 Å². The lowest BCUT2D eigenvalue weighted by atomic mass is 10.1. The molecule has 0 atom stereocenters. The van der Waals surface area contributed by atoms with Gasteiger partial charge in [-0.15, -0.1) is 11.3 Å². The first kappa shape index (κ1) is 14.7. The minimum Gasteiger partial charge on any atom is -0.858 e. The summed E-state index contributed by atoms with van der Waals surface area (Å²) < 4.78 is 0. The van der Waals surface area contributed by atoms with Crippen molar-refractivity contribution in [2.75, 3.05) is 19.8 Å². The van der Waals surface area contributed by atoms with Crippen LogP contribution in [0, 0.1) is 6.92 Å². The molecule has 114 valence electrons. The van der Waals surface area contributed by atoms with Gasteiger partial charge in [0.2, 0.25) is 5.95 Å². The predicted octanol–water partition coefficient (Wildman–Crippen LogP) is 2.38. The zero-order chi connectivity index (χ0) is 15.9. The monoisotopic (exact) mass is 313 g/mol. The van der Waals surface area contributed by atoms with Crippen molar-refractivity contribution >= 4 is 27.5 Å². The van der Waals surface area contributed by atoms with Gasteiger partial charge in [0.1, 0.15) is 4.83 Å². The predicted molar refractivity (Wildman–Crippen MR) is 88.8 cm³/mol. The van der Waals surface area contributed by atoms with Crippen molar-refractivity contribution in [2.45, 2.75) is 13.5 Å². The smallest absolute Gasteiger partial charge is 0.220 e. The summed E-state index contributed by atoms with van der Waals surface area (Å²) in [6, 6.07) is 8.34. The number of hydrogen-bond acceptors (Lipinski definition) is 6. The highest BCUT2D eigenvalue weighted by atomic mass is 32.1. The highest BCUT2D eigenvalue weighted by molar-refractivity contribution is 7.22. The molecule has 0 fully saturated rings. The van der Waals surface area contributed by atoms with Gasteiger partial charge in [0.25, 0.3) is 0 Å². The summed E-state index contributed by atoms with van der Waals surface area (Å²) in [5.74, 6) is -0.265. The number of fused-ring (bicyclic) bond motifs is 1. The van der Waals surface area contributed by atoms with Gasteiger partial charge in [-0.25, -0.2) is 9.97 Å². The van der Waals surface area contributed by atoms with Crippen LogP contribution in [0.3, 0.4) is 0 Å². The molecular formula is C16H17N4OS-. The number of anilines is 1. The number of thiophene rings is 1. The van der Waals surface area contributed by atoms with Crippen molar-refractivity contribution in [2.24, 2.45) is 0 Å². The Bertz CT molecular complexity index is 842. The highest BCUT2D eigenvalue weighted by Gasteiger charge is 2.13. The van der Waals surface area contributed by atoms with Gasteiger partial charge in [0.05, 0.1) is 0 Å². The van der Waals surface area contributed by atoms with Crippen LogP contribution < -0.4 is 10.8 Å². The minimum absolute atomic E-state index is 0.0339. The Balaban J connectivity index is 2.14. The zero-order valence-corrected chi connectivity index (χ0v) is 13.6. The number of nitrogen functional groups attached to an aromatic ring is 1. The largest absolute Gasteiger partial charge is 0.858 e. The first-order valence-electron chi connectivity index (χ1n) is 6.93. The molecule has 6 heteroatoms. The molecule has 2 N–H and O–H groups in total. The van der Waals surface area contributed by atoms with Crippen LogP contribution in [0.1, 0.15) is 11.1 Å². The molecule has 3 rings (SSSR count). The quantitative estimate of drug-likeness (QED) is 0.803. The van der Waals surface area contributed by atoms with Crippen molar-refractivity contribution < 1.29 is 5.11 Å². The first-order chi connectivity index (χ1) is 10.5. The third-order valence-electron chi connectivity index (χ3n) is 3.46. The second-order valence-electron chi connectivity index (χ2n) is 5.56. The number of benzene rings is 1. The van der Waals surface area contributed by atoms with Crippen LogP contribution in [0.15, 0.2) is 24.3 Å². The van der Waals surface area contributed by atoms with Crippen molar-refractivity contribution in [1.29, 1.82) is 0 Å². The van der Waals surface area contributed by atoms with Crippen molar-refractivity contribution in [3.8, 4) is 16.3 Å². The van der Waals surface area contributed by atoms with E-state index in [2.05, 4.69) is 33.1 Å². The maximum absolute atomic E-state index is 12.0. The second-order valence-corrected chi connectivity index (χ2v) is 6.56. The fraction of sp³-hybridized carbons (Fsp3) is 0.250. The summed E-state index contributed by atoms with van der Waals surface area (Å²) in [5, 5.41) is 12.6. The zero-order valence-electron chi connectivity index (χ0n) is 12.8. The van der Waals surface area contributed by atoms with Crippen molar-refractivity contribution in [1.82, 2.24) is 14.9 Å². The van der Waals surface area contributed by atoms with Gasteiger partial charge in [-0.05, 0) is 43.8 Å². The molecule has 0 amide bonds. The van der Waals surface area contributed by atoms with Gasteiger partial charge in [0.15, 0.2) is 0 Å². The van der Waals surface area contributed by atoms with E-state index in [4.69, 9.17) is 5.73 Å². The van der Waals surface area contributed by atoms with Crippen LogP contribution in [-0.2, 0) is 6.54 Å². The molecule has 0 radical (unpaired) electrons. The molecule has 0 unspecified atom stereocenters. The molecule has 0 saturated carbocycles. The molecule has 1 aromatic carbocycles. The van der Waals surface area contributed by atoms with E-state index in [1.54, 1.807) is 0 Å². The fourth-order valence-corrected chi connectivity index (χ4v) is 3.74. The summed E-state index contributed by atoms with van der Waals surface area (Å²) in [5.41, 5.74) is 8.83. The van der Waals surface area contributed by atoms with Crippen molar-refractivity contribution in [3.63, 3.8) is 0 Å². The molecule has 0 spiro atoms.